The van der Waals surface area contributed by atoms with E-state index in [1.54, 1.807) is 6.33 Å². The number of fused-ring (bicyclic) bond motifs is 2. The van der Waals surface area contributed by atoms with E-state index >= 15 is 0 Å². The van der Waals surface area contributed by atoms with Gasteiger partial charge in [-0.2, -0.15) is 0 Å². The lowest BCUT2D eigenvalue weighted by Gasteiger charge is -2.08. The molecule has 0 radical (unpaired) electrons. The SMILES string of the molecule is Cn1cnc2cccc(CNC(=O)c3ncnc4nc(C5CCCC5)[nH]c34)c21. The number of aromatic amines is 1. The van der Waals surface area contributed by atoms with E-state index in [-0.39, 0.29) is 5.91 Å². The third-order valence-corrected chi connectivity index (χ3v) is 5.52. The van der Waals surface area contributed by atoms with Crippen LogP contribution < -0.4 is 5.32 Å². The van der Waals surface area contributed by atoms with Crippen LogP contribution in [0.3, 0.4) is 0 Å². The van der Waals surface area contributed by atoms with Crippen LogP contribution in [0.4, 0.5) is 0 Å². The maximum atomic E-state index is 12.9. The molecular formula is C20H21N7O. The van der Waals surface area contributed by atoms with E-state index in [4.69, 9.17) is 0 Å². The Morgan fingerprint density at radius 1 is 1.25 bits per heavy atom. The summed E-state index contributed by atoms with van der Waals surface area (Å²) in [7, 11) is 1.95. The first-order valence-electron chi connectivity index (χ1n) is 9.58. The molecule has 142 valence electrons. The molecule has 0 unspecified atom stereocenters. The first-order chi connectivity index (χ1) is 13.7. The van der Waals surface area contributed by atoms with Gasteiger partial charge in [-0.05, 0) is 24.5 Å². The van der Waals surface area contributed by atoms with Crippen molar-refractivity contribution in [2.24, 2.45) is 7.05 Å². The number of imidazole rings is 2. The van der Waals surface area contributed by atoms with Gasteiger partial charge in [0.15, 0.2) is 11.3 Å². The summed E-state index contributed by atoms with van der Waals surface area (Å²) in [5.41, 5.74) is 4.43. The number of hydrogen-bond donors (Lipinski definition) is 2. The fourth-order valence-corrected chi connectivity index (χ4v) is 4.11. The number of nitrogens with one attached hydrogen (secondary N) is 2. The van der Waals surface area contributed by atoms with E-state index in [1.807, 2.05) is 29.8 Å². The van der Waals surface area contributed by atoms with E-state index < -0.39 is 0 Å². The molecule has 1 aliphatic rings. The third-order valence-electron chi connectivity index (χ3n) is 5.52. The van der Waals surface area contributed by atoms with Gasteiger partial charge in [-0.25, -0.2) is 19.9 Å². The summed E-state index contributed by atoms with van der Waals surface area (Å²) in [5, 5.41) is 2.98. The molecule has 4 aromatic rings. The fourth-order valence-electron chi connectivity index (χ4n) is 4.11. The van der Waals surface area contributed by atoms with Crippen LogP contribution in [0, 0.1) is 0 Å². The Morgan fingerprint density at radius 3 is 2.96 bits per heavy atom. The lowest BCUT2D eigenvalue weighted by atomic mass is 10.1. The minimum absolute atomic E-state index is 0.242. The smallest absolute Gasteiger partial charge is 0.272 e. The van der Waals surface area contributed by atoms with E-state index in [1.165, 1.54) is 19.2 Å². The molecule has 5 rings (SSSR count). The normalized spacial score (nSPS) is 14.9. The maximum Gasteiger partial charge on any atom is 0.272 e. The first-order valence-corrected chi connectivity index (χ1v) is 9.58. The predicted octanol–water partition coefficient (Wildman–Crippen LogP) is 2.83. The number of aryl methyl sites for hydroxylation is 1. The number of para-hydroxylation sites is 1. The number of carbonyl (C=O) groups excluding carboxylic acids is 1. The number of nitrogens with zero attached hydrogens (tertiary/aromatic N) is 5. The third kappa shape index (κ3) is 2.81. The fraction of sp³-hybridized carbons (Fsp3) is 0.350. The van der Waals surface area contributed by atoms with Crippen LogP contribution in [0.5, 0.6) is 0 Å². The summed E-state index contributed by atoms with van der Waals surface area (Å²) >= 11 is 0. The van der Waals surface area contributed by atoms with Gasteiger partial charge in [0.25, 0.3) is 5.91 Å². The number of rotatable bonds is 4. The zero-order valence-corrected chi connectivity index (χ0v) is 15.6. The Kier molecular flexibility index (Phi) is 4.03. The molecule has 8 heteroatoms. The maximum absolute atomic E-state index is 12.9. The second-order valence-electron chi connectivity index (χ2n) is 7.35. The molecule has 3 aromatic heterocycles. The molecule has 0 aliphatic heterocycles. The molecular weight excluding hydrogens is 354 g/mol. The average Bonchev–Trinajstić information content (AvgIpc) is 3.45. The minimum Gasteiger partial charge on any atom is -0.346 e. The molecule has 28 heavy (non-hydrogen) atoms. The van der Waals surface area contributed by atoms with Gasteiger partial charge in [0.05, 0.1) is 17.4 Å². The summed E-state index contributed by atoms with van der Waals surface area (Å²) < 4.78 is 1.96. The summed E-state index contributed by atoms with van der Waals surface area (Å²) in [6.07, 6.45) is 7.88. The van der Waals surface area contributed by atoms with Gasteiger partial charge in [0, 0.05) is 19.5 Å². The summed E-state index contributed by atoms with van der Waals surface area (Å²) in [6.45, 7) is 0.394. The number of H-pyrrole nitrogens is 1. The van der Waals surface area contributed by atoms with Crippen LogP contribution in [0.25, 0.3) is 22.2 Å². The zero-order chi connectivity index (χ0) is 19.1. The molecule has 3 heterocycles. The molecule has 1 saturated carbocycles. The molecule has 2 N–H and O–H groups in total. The highest BCUT2D eigenvalue weighted by atomic mass is 16.1. The number of amides is 1. The van der Waals surface area contributed by atoms with Gasteiger partial charge in [-0.3, -0.25) is 4.79 Å². The van der Waals surface area contributed by atoms with E-state index in [2.05, 4.69) is 30.2 Å². The summed E-state index contributed by atoms with van der Waals surface area (Å²) in [4.78, 5) is 33.6. The van der Waals surface area contributed by atoms with Crippen molar-refractivity contribution < 1.29 is 4.79 Å². The average molecular weight is 375 g/mol. The van der Waals surface area contributed by atoms with Crippen LogP contribution >= 0.6 is 0 Å². The van der Waals surface area contributed by atoms with Crippen molar-refractivity contribution in [2.75, 3.05) is 0 Å². The monoisotopic (exact) mass is 375 g/mol. The van der Waals surface area contributed by atoms with Crippen LogP contribution in [-0.2, 0) is 13.6 Å². The molecule has 0 spiro atoms. The highest BCUT2D eigenvalue weighted by Crippen LogP contribution is 2.33. The molecule has 0 bridgehead atoms. The van der Waals surface area contributed by atoms with Crippen molar-refractivity contribution >= 4 is 28.1 Å². The Balaban J connectivity index is 1.42. The molecule has 8 nitrogen and oxygen atoms in total. The first kappa shape index (κ1) is 16.9. The Labute approximate surface area is 161 Å². The van der Waals surface area contributed by atoms with Gasteiger partial charge >= 0.3 is 0 Å². The summed E-state index contributed by atoms with van der Waals surface area (Å²) in [5.74, 6) is 1.10. The Bertz CT molecular complexity index is 1170. The standard InChI is InChI=1S/C20H21N7O/c1-27-11-24-14-8-4-7-13(17(14)27)9-21-20(28)16-15-19(23-10-22-16)26-18(25-15)12-5-2-3-6-12/h4,7-8,10-12H,2-3,5-6,9H2,1H3,(H,21,28)(H,22,23,25,26). The number of aromatic nitrogens is 6. The molecule has 1 fully saturated rings. The zero-order valence-electron chi connectivity index (χ0n) is 15.6. The Morgan fingerprint density at radius 2 is 2.11 bits per heavy atom. The van der Waals surface area contributed by atoms with Crippen molar-refractivity contribution in [3.8, 4) is 0 Å². The van der Waals surface area contributed by atoms with Crippen molar-refractivity contribution in [2.45, 2.75) is 38.1 Å². The summed E-state index contributed by atoms with van der Waals surface area (Å²) in [6, 6.07) is 5.90. The number of carbonyl (C=O) groups is 1. The highest BCUT2D eigenvalue weighted by Gasteiger charge is 2.23. The van der Waals surface area contributed by atoms with Gasteiger partial charge < -0.3 is 14.9 Å². The van der Waals surface area contributed by atoms with Crippen molar-refractivity contribution in [3.63, 3.8) is 0 Å². The van der Waals surface area contributed by atoms with Gasteiger partial charge in [-0.15, -0.1) is 0 Å². The topological polar surface area (TPSA) is 101 Å². The second kappa shape index (κ2) is 6.70. The van der Waals surface area contributed by atoms with E-state index in [0.29, 0.717) is 29.3 Å². The molecule has 1 aromatic carbocycles. The lowest BCUT2D eigenvalue weighted by molar-refractivity contribution is 0.0947. The van der Waals surface area contributed by atoms with Gasteiger partial charge in [-0.1, -0.05) is 25.0 Å². The lowest BCUT2D eigenvalue weighted by Crippen LogP contribution is -2.24. The molecule has 0 saturated heterocycles. The van der Waals surface area contributed by atoms with Crippen LogP contribution in [0.2, 0.25) is 0 Å². The van der Waals surface area contributed by atoms with E-state index in [0.717, 1.165) is 35.3 Å². The molecule has 0 atom stereocenters. The molecule has 1 amide bonds. The van der Waals surface area contributed by atoms with Crippen LogP contribution in [0.1, 0.15) is 53.5 Å². The van der Waals surface area contributed by atoms with Gasteiger partial charge in [0.1, 0.15) is 17.7 Å². The van der Waals surface area contributed by atoms with E-state index in [9.17, 15) is 4.79 Å². The molecule has 1 aliphatic carbocycles. The van der Waals surface area contributed by atoms with Crippen LogP contribution in [0.15, 0.2) is 30.9 Å². The van der Waals surface area contributed by atoms with Crippen molar-refractivity contribution in [1.29, 1.82) is 0 Å². The Hall–Kier alpha value is -3.29. The quantitative estimate of drug-likeness (QED) is 0.571. The van der Waals surface area contributed by atoms with Gasteiger partial charge in [0.2, 0.25) is 0 Å². The number of benzene rings is 1. The van der Waals surface area contributed by atoms with Crippen LogP contribution in [-0.4, -0.2) is 35.4 Å². The second-order valence-corrected chi connectivity index (χ2v) is 7.35. The van der Waals surface area contributed by atoms with Crippen molar-refractivity contribution in [1.82, 2.24) is 34.8 Å². The van der Waals surface area contributed by atoms with Crippen molar-refractivity contribution in [3.05, 3.63) is 47.9 Å². The predicted molar refractivity (Wildman–Crippen MR) is 105 cm³/mol. The minimum atomic E-state index is -0.242. The number of hydrogen-bond acceptors (Lipinski definition) is 5. The largest absolute Gasteiger partial charge is 0.346 e. The highest BCUT2D eigenvalue weighted by molar-refractivity contribution is 6.02.